The standard InChI is InChI=1S/C19H25N3O2S/c1-3-4-5-18(21-20)22(16-12-13-25-14-16)19(23)11-8-15-6-9-17(24-2)10-7-15/h4-11,16H,3,12-14,20H2,1-2H3/b5-4-,11-8+,21-18+. The van der Waals surface area contributed by atoms with Crippen LogP contribution in [0.4, 0.5) is 0 Å². The number of amides is 1. The summed E-state index contributed by atoms with van der Waals surface area (Å²) in [6.07, 6.45) is 8.97. The molecule has 25 heavy (non-hydrogen) atoms. The van der Waals surface area contributed by atoms with Crippen molar-refractivity contribution in [2.75, 3.05) is 18.6 Å². The van der Waals surface area contributed by atoms with Crippen molar-refractivity contribution in [2.45, 2.75) is 25.8 Å². The average Bonchev–Trinajstić information content (AvgIpc) is 3.17. The molecule has 5 nitrogen and oxygen atoms in total. The molecule has 0 aliphatic carbocycles. The van der Waals surface area contributed by atoms with Crippen LogP contribution in [0.2, 0.25) is 0 Å². The maximum Gasteiger partial charge on any atom is 0.252 e. The lowest BCUT2D eigenvalue weighted by molar-refractivity contribution is -0.123. The van der Waals surface area contributed by atoms with Crippen LogP contribution in [0.25, 0.3) is 6.08 Å². The molecule has 1 aliphatic heterocycles. The number of nitrogens with zero attached hydrogens (tertiary/aromatic N) is 2. The summed E-state index contributed by atoms with van der Waals surface area (Å²) in [5, 5.41) is 3.84. The highest BCUT2D eigenvalue weighted by atomic mass is 32.2. The van der Waals surface area contributed by atoms with Gasteiger partial charge in [-0.05, 0) is 48.4 Å². The Morgan fingerprint density at radius 2 is 2.16 bits per heavy atom. The summed E-state index contributed by atoms with van der Waals surface area (Å²) in [6, 6.07) is 7.68. The molecule has 0 aromatic heterocycles. The van der Waals surface area contributed by atoms with Crippen LogP contribution in [0.15, 0.2) is 47.6 Å². The van der Waals surface area contributed by atoms with Gasteiger partial charge in [0.05, 0.1) is 7.11 Å². The van der Waals surface area contributed by atoms with E-state index in [0.29, 0.717) is 5.84 Å². The maximum absolute atomic E-state index is 12.8. The van der Waals surface area contributed by atoms with Crippen molar-refractivity contribution in [1.82, 2.24) is 4.90 Å². The summed E-state index contributed by atoms with van der Waals surface area (Å²) in [7, 11) is 1.63. The Labute approximate surface area is 153 Å². The first-order valence-electron chi connectivity index (χ1n) is 8.37. The molecule has 0 radical (unpaired) electrons. The number of hydrazone groups is 1. The quantitative estimate of drug-likeness (QED) is 0.278. The van der Waals surface area contributed by atoms with Gasteiger partial charge in [0.1, 0.15) is 5.75 Å². The maximum atomic E-state index is 12.8. The molecule has 6 heteroatoms. The van der Waals surface area contributed by atoms with Crippen LogP contribution in [0.3, 0.4) is 0 Å². The molecule has 1 aromatic rings. The van der Waals surface area contributed by atoms with Gasteiger partial charge in [0.2, 0.25) is 0 Å². The molecule has 1 aliphatic rings. The summed E-state index contributed by atoms with van der Waals surface area (Å²) >= 11 is 1.85. The van der Waals surface area contributed by atoms with Crippen LogP contribution >= 0.6 is 11.8 Å². The molecule has 1 unspecified atom stereocenters. The molecule has 0 bridgehead atoms. The molecule has 1 amide bonds. The Hall–Kier alpha value is -2.21. The fraction of sp³-hybridized carbons (Fsp3) is 0.368. The minimum absolute atomic E-state index is 0.103. The van der Waals surface area contributed by atoms with Gasteiger partial charge in [0.15, 0.2) is 5.84 Å². The lowest BCUT2D eigenvalue weighted by Gasteiger charge is -2.26. The first-order valence-corrected chi connectivity index (χ1v) is 9.52. The number of carbonyl (C=O) groups excluding carboxylic acids is 1. The highest BCUT2D eigenvalue weighted by molar-refractivity contribution is 7.99. The second-order valence-electron chi connectivity index (χ2n) is 5.63. The molecule has 1 fully saturated rings. The third-order valence-electron chi connectivity index (χ3n) is 3.92. The molecule has 1 saturated heterocycles. The van der Waals surface area contributed by atoms with E-state index >= 15 is 0 Å². The number of benzene rings is 1. The fourth-order valence-corrected chi connectivity index (χ4v) is 3.77. The zero-order valence-corrected chi connectivity index (χ0v) is 15.5. The SMILES string of the molecule is CC/C=C\C(=N/N)N(C(=O)/C=C/c1ccc(OC)cc1)C1CCSC1. The summed E-state index contributed by atoms with van der Waals surface area (Å²) in [5.41, 5.74) is 0.935. The smallest absolute Gasteiger partial charge is 0.252 e. The summed E-state index contributed by atoms with van der Waals surface area (Å²) in [4.78, 5) is 14.5. The highest BCUT2D eigenvalue weighted by Gasteiger charge is 2.28. The number of nitrogens with two attached hydrogens (primary N) is 1. The zero-order chi connectivity index (χ0) is 18.1. The number of amidine groups is 1. The van der Waals surface area contributed by atoms with Gasteiger partial charge in [-0.15, -0.1) is 0 Å². The van der Waals surface area contributed by atoms with E-state index in [0.717, 1.165) is 35.7 Å². The van der Waals surface area contributed by atoms with Crippen molar-refractivity contribution in [1.29, 1.82) is 0 Å². The van der Waals surface area contributed by atoms with Gasteiger partial charge in [-0.2, -0.15) is 16.9 Å². The normalized spacial score (nSPS) is 18.2. The molecule has 1 heterocycles. The van der Waals surface area contributed by atoms with Crippen LogP contribution < -0.4 is 10.6 Å². The van der Waals surface area contributed by atoms with E-state index < -0.39 is 0 Å². The largest absolute Gasteiger partial charge is 0.497 e. The van der Waals surface area contributed by atoms with Crippen molar-refractivity contribution in [2.24, 2.45) is 10.9 Å². The van der Waals surface area contributed by atoms with Crippen LogP contribution in [-0.4, -0.2) is 41.3 Å². The van der Waals surface area contributed by atoms with Crippen LogP contribution in [0, 0.1) is 0 Å². The molecule has 0 spiro atoms. The first-order chi connectivity index (χ1) is 12.2. The molecular weight excluding hydrogens is 334 g/mol. The van der Waals surface area contributed by atoms with Gasteiger partial charge in [-0.25, -0.2) is 0 Å². The molecule has 1 atom stereocenters. The van der Waals surface area contributed by atoms with E-state index in [2.05, 4.69) is 5.10 Å². The second-order valence-corrected chi connectivity index (χ2v) is 6.78. The number of methoxy groups -OCH3 is 1. The van der Waals surface area contributed by atoms with Crippen molar-refractivity contribution in [3.63, 3.8) is 0 Å². The third kappa shape index (κ3) is 5.39. The Morgan fingerprint density at radius 3 is 2.72 bits per heavy atom. The number of hydrogen-bond donors (Lipinski definition) is 1. The highest BCUT2D eigenvalue weighted by Crippen LogP contribution is 2.23. The molecule has 134 valence electrons. The zero-order valence-electron chi connectivity index (χ0n) is 14.7. The van der Waals surface area contributed by atoms with E-state index in [9.17, 15) is 4.79 Å². The lowest BCUT2D eigenvalue weighted by Crippen LogP contribution is -2.43. The van der Waals surface area contributed by atoms with Crippen LogP contribution in [-0.2, 0) is 4.79 Å². The van der Waals surface area contributed by atoms with Crippen molar-refractivity contribution < 1.29 is 9.53 Å². The monoisotopic (exact) mass is 359 g/mol. The van der Waals surface area contributed by atoms with Crippen molar-refractivity contribution >= 4 is 29.6 Å². The van der Waals surface area contributed by atoms with Gasteiger partial charge in [0, 0.05) is 17.9 Å². The van der Waals surface area contributed by atoms with Gasteiger partial charge in [-0.3, -0.25) is 9.69 Å². The van der Waals surface area contributed by atoms with Crippen LogP contribution in [0.1, 0.15) is 25.3 Å². The van der Waals surface area contributed by atoms with E-state index in [4.69, 9.17) is 10.6 Å². The van der Waals surface area contributed by atoms with Crippen molar-refractivity contribution in [3.8, 4) is 5.75 Å². The van der Waals surface area contributed by atoms with Gasteiger partial charge >= 0.3 is 0 Å². The van der Waals surface area contributed by atoms with E-state index in [1.807, 2.05) is 55.1 Å². The molecule has 1 aromatic carbocycles. The summed E-state index contributed by atoms with van der Waals surface area (Å²) in [6.45, 7) is 2.03. The number of allylic oxidation sites excluding steroid dienone is 1. The molecule has 2 rings (SSSR count). The Morgan fingerprint density at radius 1 is 1.40 bits per heavy atom. The van der Waals surface area contributed by atoms with E-state index in [1.165, 1.54) is 0 Å². The number of rotatable bonds is 6. The van der Waals surface area contributed by atoms with Gasteiger partial charge < -0.3 is 10.6 Å². The predicted octanol–water partition coefficient (Wildman–Crippen LogP) is 3.28. The van der Waals surface area contributed by atoms with Gasteiger partial charge in [-0.1, -0.05) is 25.1 Å². The Balaban J connectivity index is 2.18. The lowest BCUT2D eigenvalue weighted by atomic mass is 10.1. The second kappa shape index (κ2) is 9.93. The number of ether oxygens (including phenoxy) is 1. The van der Waals surface area contributed by atoms with E-state index in [1.54, 1.807) is 24.2 Å². The minimum Gasteiger partial charge on any atom is -0.497 e. The first kappa shape index (κ1) is 19.1. The number of carbonyl (C=O) groups is 1. The number of hydrogen-bond acceptors (Lipinski definition) is 5. The fourth-order valence-electron chi connectivity index (χ4n) is 2.58. The molecule has 0 saturated carbocycles. The van der Waals surface area contributed by atoms with Crippen molar-refractivity contribution in [3.05, 3.63) is 48.1 Å². The third-order valence-corrected chi connectivity index (χ3v) is 5.07. The summed E-state index contributed by atoms with van der Waals surface area (Å²) in [5.74, 6) is 8.71. The summed E-state index contributed by atoms with van der Waals surface area (Å²) < 4.78 is 5.15. The Bertz CT molecular complexity index is 647. The van der Waals surface area contributed by atoms with Gasteiger partial charge in [0.25, 0.3) is 5.91 Å². The number of thioether (sulfide) groups is 1. The minimum atomic E-state index is -0.103. The Kier molecular flexibility index (Phi) is 7.60. The van der Waals surface area contributed by atoms with E-state index in [-0.39, 0.29) is 11.9 Å². The molecular formula is C19H25N3O2S. The van der Waals surface area contributed by atoms with Crippen LogP contribution in [0.5, 0.6) is 5.75 Å². The predicted molar refractivity (Wildman–Crippen MR) is 106 cm³/mol. The topological polar surface area (TPSA) is 67.9 Å². The average molecular weight is 359 g/mol. The molecule has 2 N–H and O–H groups in total.